The van der Waals surface area contributed by atoms with E-state index in [1.165, 1.54) is 5.56 Å². The Morgan fingerprint density at radius 3 is 2.21 bits per heavy atom. The molecule has 76 valence electrons. The van der Waals surface area contributed by atoms with Gasteiger partial charge in [-0.25, -0.2) is 0 Å². The second-order valence-corrected chi connectivity index (χ2v) is 3.96. The van der Waals surface area contributed by atoms with Crippen LogP contribution in [0.2, 0.25) is 0 Å². The predicted octanol–water partition coefficient (Wildman–Crippen LogP) is 1.92. The summed E-state index contributed by atoms with van der Waals surface area (Å²) >= 11 is 5.09. The number of hydrogen-bond donors (Lipinski definition) is 1. The van der Waals surface area contributed by atoms with Crippen LogP contribution in [0.25, 0.3) is 0 Å². The number of hydrogen-bond acceptors (Lipinski definition) is 2. The monoisotopic (exact) mass is 209 g/mol. The summed E-state index contributed by atoms with van der Waals surface area (Å²) in [4.78, 5) is 2.29. The molecule has 0 bridgehead atoms. The van der Waals surface area contributed by atoms with Crippen LogP contribution in [-0.2, 0) is 0 Å². The van der Waals surface area contributed by atoms with Gasteiger partial charge in [0.1, 0.15) is 11.1 Å². The molecule has 2 nitrogen and oxygen atoms in total. The molecule has 1 aromatic carbocycles. The van der Waals surface area contributed by atoms with Crippen LogP contribution in [0.1, 0.15) is 17.2 Å². The van der Waals surface area contributed by atoms with Crippen molar-refractivity contribution in [2.45, 2.75) is 13.0 Å². The molecule has 0 aliphatic carbocycles. The van der Waals surface area contributed by atoms with Crippen molar-refractivity contribution in [3.8, 4) is 0 Å². The van der Waals surface area contributed by atoms with Crippen LogP contribution >= 0.6 is 12.2 Å². The molecule has 0 radical (unpaired) electrons. The third kappa shape index (κ3) is 2.53. The number of thiocarbonyl (C=S) groups is 1. The van der Waals surface area contributed by atoms with Crippen molar-refractivity contribution in [1.82, 2.24) is 4.90 Å². The zero-order valence-corrected chi connectivity index (χ0v) is 9.51. The Morgan fingerprint density at radius 1 is 1.29 bits per heavy atom. The second-order valence-electron chi connectivity index (χ2n) is 3.55. The number of rotatable bonds is 2. The molecule has 1 aromatic rings. The summed E-state index contributed by atoms with van der Waals surface area (Å²) in [5.41, 5.74) is 2.02. The van der Waals surface area contributed by atoms with Gasteiger partial charge in [0.15, 0.2) is 0 Å². The Hall–Kier alpha value is -0.930. The summed E-state index contributed by atoms with van der Waals surface area (Å²) in [5, 5.41) is 9.87. The molecule has 0 saturated heterocycles. The third-order valence-corrected chi connectivity index (χ3v) is 2.66. The molecule has 14 heavy (non-hydrogen) atoms. The molecule has 0 heterocycles. The number of aliphatic hydroxyl groups excluding tert-OH is 1. The highest BCUT2D eigenvalue weighted by Crippen LogP contribution is 2.16. The Balaban J connectivity index is 2.84. The fourth-order valence-corrected chi connectivity index (χ4v) is 1.27. The minimum Gasteiger partial charge on any atom is -0.381 e. The zero-order valence-electron chi connectivity index (χ0n) is 8.69. The molecule has 0 aromatic heterocycles. The lowest BCUT2D eigenvalue weighted by Crippen LogP contribution is -2.26. The quantitative estimate of drug-likeness (QED) is 0.753. The Bertz CT molecular complexity index is 319. The van der Waals surface area contributed by atoms with Crippen molar-refractivity contribution in [3.05, 3.63) is 35.4 Å². The van der Waals surface area contributed by atoms with E-state index in [1.807, 2.05) is 45.3 Å². The maximum Gasteiger partial charge on any atom is 0.129 e. The van der Waals surface area contributed by atoms with E-state index in [0.717, 1.165) is 5.56 Å². The molecule has 0 saturated carbocycles. The van der Waals surface area contributed by atoms with E-state index in [0.29, 0.717) is 4.99 Å². The topological polar surface area (TPSA) is 23.5 Å². The van der Waals surface area contributed by atoms with Gasteiger partial charge in [-0.2, -0.15) is 0 Å². The van der Waals surface area contributed by atoms with Gasteiger partial charge in [-0.1, -0.05) is 42.0 Å². The molecule has 1 atom stereocenters. The van der Waals surface area contributed by atoms with Crippen molar-refractivity contribution in [3.63, 3.8) is 0 Å². The first-order chi connectivity index (χ1) is 6.52. The highest BCUT2D eigenvalue weighted by atomic mass is 32.1. The lowest BCUT2D eigenvalue weighted by Gasteiger charge is -2.19. The molecule has 0 amide bonds. The molecular formula is C11H15NOS. The Morgan fingerprint density at radius 2 is 1.79 bits per heavy atom. The van der Waals surface area contributed by atoms with E-state index >= 15 is 0 Å². The molecule has 0 aliphatic rings. The van der Waals surface area contributed by atoms with Crippen LogP contribution in [0.5, 0.6) is 0 Å². The largest absolute Gasteiger partial charge is 0.381 e. The molecule has 1 unspecified atom stereocenters. The van der Waals surface area contributed by atoms with Crippen LogP contribution in [0.15, 0.2) is 24.3 Å². The summed E-state index contributed by atoms with van der Waals surface area (Å²) in [6.07, 6.45) is -0.680. The average molecular weight is 209 g/mol. The average Bonchev–Trinajstić information content (AvgIpc) is 2.16. The molecule has 0 fully saturated rings. The van der Waals surface area contributed by atoms with Crippen molar-refractivity contribution in [2.24, 2.45) is 0 Å². The summed E-state index contributed by atoms with van der Waals surface area (Å²) in [6.45, 7) is 2.01. The first-order valence-electron chi connectivity index (χ1n) is 4.48. The molecule has 1 rings (SSSR count). The lowest BCUT2D eigenvalue weighted by atomic mass is 10.1. The predicted molar refractivity (Wildman–Crippen MR) is 62.4 cm³/mol. The fourth-order valence-electron chi connectivity index (χ4n) is 1.14. The summed E-state index contributed by atoms with van der Waals surface area (Å²) < 4.78 is 0. The van der Waals surface area contributed by atoms with Crippen molar-refractivity contribution in [1.29, 1.82) is 0 Å². The van der Waals surface area contributed by atoms with Gasteiger partial charge in [0.25, 0.3) is 0 Å². The van der Waals surface area contributed by atoms with Gasteiger partial charge in [0, 0.05) is 14.1 Å². The van der Waals surface area contributed by atoms with Crippen molar-refractivity contribution < 1.29 is 5.11 Å². The maximum absolute atomic E-state index is 9.87. The summed E-state index contributed by atoms with van der Waals surface area (Å²) in [7, 11) is 3.67. The van der Waals surface area contributed by atoms with Crippen molar-refractivity contribution in [2.75, 3.05) is 14.1 Å². The SMILES string of the molecule is Cc1ccc(C(O)C(=S)N(C)C)cc1. The van der Waals surface area contributed by atoms with Crippen molar-refractivity contribution >= 4 is 17.2 Å². The molecule has 0 aliphatic heterocycles. The molecule has 0 spiro atoms. The van der Waals surface area contributed by atoms with Gasteiger partial charge in [-0.3, -0.25) is 0 Å². The fraction of sp³-hybridized carbons (Fsp3) is 0.364. The smallest absolute Gasteiger partial charge is 0.129 e. The zero-order chi connectivity index (χ0) is 10.7. The lowest BCUT2D eigenvalue weighted by molar-refractivity contribution is 0.237. The van der Waals surface area contributed by atoms with Gasteiger partial charge in [0.05, 0.1) is 0 Å². The number of aliphatic hydroxyl groups is 1. The van der Waals surface area contributed by atoms with Gasteiger partial charge in [0.2, 0.25) is 0 Å². The Kier molecular flexibility index (Phi) is 3.61. The van der Waals surface area contributed by atoms with Gasteiger partial charge >= 0.3 is 0 Å². The van der Waals surface area contributed by atoms with E-state index in [4.69, 9.17) is 12.2 Å². The highest BCUT2D eigenvalue weighted by Gasteiger charge is 2.14. The van der Waals surface area contributed by atoms with E-state index in [-0.39, 0.29) is 0 Å². The van der Waals surface area contributed by atoms with Crippen LogP contribution in [-0.4, -0.2) is 29.1 Å². The number of benzene rings is 1. The van der Waals surface area contributed by atoms with Crippen LogP contribution < -0.4 is 0 Å². The normalized spacial score (nSPS) is 12.3. The molecular weight excluding hydrogens is 194 g/mol. The van der Waals surface area contributed by atoms with Gasteiger partial charge in [-0.15, -0.1) is 0 Å². The number of aryl methyl sites for hydroxylation is 1. The maximum atomic E-state index is 9.87. The first-order valence-corrected chi connectivity index (χ1v) is 4.89. The van der Waals surface area contributed by atoms with Gasteiger partial charge in [-0.05, 0) is 12.5 Å². The van der Waals surface area contributed by atoms with Crippen LogP contribution in [0.4, 0.5) is 0 Å². The minimum absolute atomic E-state index is 0.536. The standard InChI is InChI=1S/C11H15NOS/c1-8-4-6-9(7-5-8)10(13)11(14)12(2)3/h4-7,10,13H,1-3H3. The number of likely N-dealkylation sites (N-methyl/N-ethyl adjacent to an activating group) is 1. The van der Waals surface area contributed by atoms with Crippen LogP contribution in [0.3, 0.4) is 0 Å². The van der Waals surface area contributed by atoms with E-state index in [2.05, 4.69) is 0 Å². The Labute approximate surface area is 90.2 Å². The number of nitrogens with zero attached hydrogens (tertiary/aromatic N) is 1. The molecule has 1 N–H and O–H groups in total. The third-order valence-electron chi connectivity index (χ3n) is 2.07. The summed E-state index contributed by atoms with van der Waals surface area (Å²) in [6, 6.07) is 7.74. The van der Waals surface area contributed by atoms with E-state index in [1.54, 1.807) is 4.90 Å². The first kappa shape index (κ1) is 11.1. The minimum atomic E-state index is -0.680. The van der Waals surface area contributed by atoms with Gasteiger partial charge < -0.3 is 10.0 Å². The highest BCUT2D eigenvalue weighted by molar-refractivity contribution is 7.80. The molecule has 3 heteroatoms. The van der Waals surface area contributed by atoms with E-state index in [9.17, 15) is 5.11 Å². The second kappa shape index (κ2) is 4.53. The van der Waals surface area contributed by atoms with E-state index < -0.39 is 6.10 Å². The summed E-state index contributed by atoms with van der Waals surface area (Å²) in [5.74, 6) is 0. The van der Waals surface area contributed by atoms with Crippen LogP contribution in [0, 0.1) is 6.92 Å².